The molecule has 10 rings (SSSR count). The monoisotopic (exact) mass is 1110 g/mol. The van der Waals surface area contributed by atoms with E-state index in [1.54, 1.807) is 12.3 Å². The molecule has 81 heavy (non-hydrogen) atoms. The van der Waals surface area contributed by atoms with E-state index in [9.17, 15) is 24.6 Å². The second-order valence-electron chi connectivity index (χ2n) is 23.7. The molecule has 3 aromatic carbocycles. The molecule has 2 bridgehead atoms. The van der Waals surface area contributed by atoms with Crippen molar-refractivity contribution in [1.29, 1.82) is 0 Å². The predicted molar refractivity (Wildman–Crippen MR) is 312 cm³/mol. The van der Waals surface area contributed by atoms with E-state index in [1.165, 1.54) is 34.7 Å². The van der Waals surface area contributed by atoms with Gasteiger partial charge in [-0.05, 0) is 91.3 Å². The minimum atomic E-state index is -0.868. The number of piperazine rings is 2. The lowest BCUT2D eigenvalue weighted by Crippen LogP contribution is -2.57. The highest BCUT2D eigenvalue weighted by Crippen LogP contribution is 2.40. The second kappa shape index (κ2) is 25.0. The number of allylic oxidation sites excluding steroid dienone is 2. The van der Waals surface area contributed by atoms with Gasteiger partial charge in [-0.1, -0.05) is 69.9 Å². The molecule has 18 heteroatoms. The van der Waals surface area contributed by atoms with Crippen LogP contribution in [0.4, 0.5) is 14.6 Å². The Bertz CT molecular complexity index is 3250. The first-order valence-electron chi connectivity index (χ1n) is 28.9. The quantitative estimate of drug-likeness (QED) is 0.0378. The Labute approximate surface area is 473 Å². The smallest absolute Gasteiger partial charge is 0.246 e. The average Bonchev–Trinajstić information content (AvgIpc) is 4.15. The highest BCUT2D eigenvalue weighted by Gasteiger charge is 2.44. The number of unbranched alkanes of at least 4 members (excludes halogenated alkanes) is 3. The molecule has 4 fully saturated rings. The maximum Gasteiger partial charge on any atom is 0.246 e. The van der Waals surface area contributed by atoms with Crippen molar-refractivity contribution in [2.45, 2.75) is 129 Å². The number of aromatic hydroxyl groups is 1. The molecule has 2 aromatic heterocycles. The number of hydrogen-bond donors (Lipinski definition) is 5. The fourth-order valence-corrected chi connectivity index (χ4v) is 12.4. The van der Waals surface area contributed by atoms with E-state index in [-0.39, 0.29) is 71.6 Å². The number of phenols is 1. The Hall–Kier alpha value is -7.04. The minimum absolute atomic E-state index is 0.0227. The van der Waals surface area contributed by atoms with E-state index in [4.69, 9.17) is 16.1 Å². The van der Waals surface area contributed by atoms with Crippen LogP contribution in [0.15, 0.2) is 71.5 Å². The molecule has 7 heterocycles. The first kappa shape index (κ1) is 57.2. The predicted octanol–water partition coefficient (Wildman–Crippen LogP) is 7.71. The zero-order valence-electron chi connectivity index (χ0n) is 47.1. The summed E-state index contributed by atoms with van der Waals surface area (Å²) in [5, 5.41) is 32.5. The number of aliphatic imine (C=N–C) groups is 1. The first-order chi connectivity index (χ1) is 39.0. The van der Waals surface area contributed by atoms with Crippen LogP contribution in [0.25, 0.3) is 38.4 Å². The van der Waals surface area contributed by atoms with Gasteiger partial charge >= 0.3 is 0 Å². The second-order valence-corrected chi connectivity index (χ2v) is 23.7. The fourth-order valence-electron chi connectivity index (χ4n) is 12.4. The number of hydrogen-bond acceptors (Lipinski definition) is 13. The van der Waals surface area contributed by atoms with Gasteiger partial charge < -0.3 is 50.5 Å². The molecule has 2 unspecified atom stereocenters. The number of ether oxygens (including phenoxy) is 1. The number of rotatable bonds is 20. The van der Waals surface area contributed by atoms with Crippen LogP contribution in [0.2, 0.25) is 0 Å². The fraction of sp³-hybridized carbons (Fsp3) is 0.492. The third-order valence-electron chi connectivity index (χ3n) is 16.8. The standard InChI is InChI=1S/C63H76F2N10O6/c1-6-47-52(64)20-17-42-30-45(76)31-50(56(42)47)58-57(65)49-33-55(71-60(51(49)35-67-58)74-36-43-18-19-44(37-74)69-43)81-29-11-24-73-27-25-72(26-28-73)23-10-8-7-9-12-54(78)70-59(63(3,4)5)62(80)75-38-46(77)32-53(75)61(79)68-34-40-13-15-41(16-14-40)48-21-22-66-39(48)2/h1,13-17,20,22,30-31,33,35,43-44,46,53,59,69,76-77H,7-12,18-19,21,23-29,32,34,36-38H2,2-5H3,(H,68,79)(H,70,78)/t43?,44?,46-,53+,59-/m1/s1. The summed E-state index contributed by atoms with van der Waals surface area (Å²) in [4.78, 5) is 63.5. The van der Waals surface area contributed by atoms with Gasteiger partial charge in [0.25, 0.3) is 0 Å². The Morgan fingerprint density at radius 2 is 1.63 bits per heavy atom. The third kappa shape index (κ3) is 13.2. The molecule has 16 nitrogen and oxygen atoms in total. The van der Waals surface area contributed by atoms with Crippen molar-refractivity contribution in [3.63, 3.8) is 0 Å². The van der Waals surface area contributed by atoms with Gasteiger partial charge in [-0.25, -0.2) is 8.78 Å². The summed E-state index contributed by atoms with van der Waals surface area (Å²) in [6, 6.07) is 14.1. The van der Waals surface area contributed by atoms with Crippen molar-refractivity contribution in [3.8, 4) is 35.2 Å². The van der Waals surface area contributed by atoms with Gasteiger partial charge in [0.1, 0.15) is 35.2 Å². The minimum Gasteiger partial charge on any atom is -0.508 e. The molecule has 5 N–H and O–H groups in total. The van der Waals surface area contributed by atoms with Crippen molar-refractivity contribution in [2.24, 2.45) is 10.4 Å². The summed E-state index contributed by atoms with van der Waals surface area (Å²) in [5.41, 5.74) is 3.66. The van der Waals surface area contributed by atoms with Crippen LogP contribution in [-0.4, -0.2) is 155 Å². The summed E-state index contributed by atoms with van der Waals surface area (Å²) in [5.74, 6) is 1.02. The van der Waals surface area contributed by atoms with E-state index >= 15 is 8.78 Å². The first-order valence-corrected chi connectivity index (χ1v) is 28.9. The van der Waals surface area contributed by atoms with Gasteiger partial charge in [0.2, 0.25) is 23.6 Å². The van der Waals surface area contributed by atoms with Crippen LogP contribution < -0.4 is 25.6 Å². The van der Waals surface area contributed by atoms with E-state index in [0.717, 1.165) is 101 Å². The van der Waals surface area contributed by atoms with Crippen molar-refractivity contribution in [1.82, 2.24) is 40.6 Å². The molecule has 0 spiro atoms. The largest absolute Gasteiger partial charge is 0.508 e. The van der Waals surface area contributed by atoms with Gasteiger partial charge in [-0.2, -0.15) is 4.98 Å². The highest BCUT2D eigenvalue weighted by atomic mass is 19.1. The number of benzene rings is 3. The van der Waals surface area contributed by atoms with Gasteiger partial charge in [-0.15, -0.1) is 6.42 Å². The SMILES string of the molecule is C#Cc1c(F)ccc2cc(O)cc(-c3ncc4c(N5CC6CCC(C5)N6)nc(OCCCN5CCN(CCCCCCC(=O)N[C@H](C(=O)N6C[C@H](O)C[C@H]6C(=O)NCc6ccc(C7=C(C)N=CC7)cc6)C(C)(C)C)CC5)cc4c3F)c12. The molecular weight excluding hydrogens is 1030 g/mol. The Kier molecular flexibility index (Phi) is 17.6. The molecular formula is C63H76F2N10O6. The number of terminal acetylenes is 1. The van der Waals surface area contributed by atoms with Gasteiger partial charge in [0, 0.05) is 136 Å². The number of phenolic OH excluding ortho intramolecular Hbond substituents is 1. The van der Waals surface area contributed by atoms with Crippen molar-refractivity contribution in [3.05, 3.63) is 94.8 Å². The number of halogens is 2. The Morgan fingerprint density at radius 1 is 0.914 bits per heavy atom. The maximum absolute atomic E-state index is 17.1. The van der Waals surface area contributed by atoms with E-state index < -0.39 is 35.2 Å². The van der Waals surface area contributed by atoms with Crippen molar-refractivity contribution in [2.75, 3.05) is 70.4 Å². The number of amides is 3. The molecule has 428 valence electrons. The summed E-state index contributed by atoms with van der Waals surface area (Å²) in [6.45, 7) is 15.4. The van der Waals surface area contributed by atoms with Crippen molar-refractivity contribution < 1.29 is 38.1 Å². The van der Waals surface area contributed by atoms with Crippen LogP contribution in [0.1, 0.15) is 109 Å². The molecule has 5 aliphatic heterocycles. The maximum atomic E-state index is 17.1. The zero-order chi connectivity index (χ0) is 57.0. The number of anilines is 1. The topological polar surface area (TPSA) is 188 Å². The number of β-amino-alcohol motifs (C(OH)–C–C–N with tert-alkyl or cyclic N) is 1. The highest BCUT2D eigenvalue weighted by molar-refractivity contribution is 6.03. The normalized spacial score (nSPS) is 20.8. The lowest BCUT2D eigenvalue weighted by Gasteiger charge is -2.35. The average molecular weight is 1110 g/mol. The summed E-state index contributed by atoms with van der Waals surface area (Å²) < 4.78 is 38.4. The van der Waals surface area contributed by atoms with E-state index in [1.807, 2.05) is 58.2 Å². The number of fused-ring (bicyclic) bond motifs is 4. The number of nitrogens with one attached hydrogen (secondary N) is 3. The molecule has 3 amide bonds. The summed E-state index contributed by atoms with van der Waals surface area (Å²) in [7, 11) is 0. The number of aromatic nitrogens is 2. The molecule has 5 atom stereocenters. The van der Waals surface area contributed by atoms with Crippen LogP contribution in [-0.2, 0) is 20.9 Å². The molecule has 4 saturated heterocycles. The van der Waals surface area contributed by atoms with E-state index in [0.29, 0.717) is 66.1 Å². The van der Waals surface area contributed by atoms with Gasteiger partial charge in [-0.3, -0.25) is 24.4 Å². The van der Waals surface area contributed by atoms with E-state index in [2.05, 4.69) is 46.5 Å². The Morgan fingerprint density at radius 3 is 2.32 bits per heavy atom. The molecule has 5 aliphatic rings. The molecule has 5 aromatic rings. The van der Waals surface area contributed by atoms with Crippen LogP contribution in [0.3, 0.4) is 0 Å². The number of aliphatic hydroxyl groups excluding tert-OH is 1. The molecule has 0 radical (unpaired) electrons. The molecule has 0 aliphatic carbocycles. The van der Waals surface area contributed by atoms with Crippen LogP contribution in [0, 0.1) is 29.4 Å². The van der Waals surface area contributed by atoms with Crippen molar-refractivity contribution >= 4 is 56.9 Å². The number of nitrogens with zero attached hydrogens (tertiary/aromatic N) is 7. The summed E-state index contributed by atoms with van der Waals surface area (Å²) >= 11 is 0. The number of carbonyl (C=O) groups is 3. The van der Waals surface area contributed by atoms with Gasteiger partial charge in [0.05, 0.1) is 18.3 Å². The zero-order valence-corrected chi connectivity index (χ0v) is 47.1. The lowest BCUT2D eigenvalue weighted by atomic mass is 9.85. The number of aliphatic hydroxyl groups is 1. The molecule has 0 saturated carbocycles. The number of pyridine rings is 2. The lowest BCUT2D eigenvalue weighted by molar-refractivity contribution is -0.144. The van der Waals surface area contributed by atoms with Gasteiger partial charge in [0.15, 0.2) is 5.82 Å². The number of carbonyl (C=O) groups excluding carboxylic acids is 3. The van der Waals surface area contributed by atoms with Crippen LogP contribution in [0.5, 0.6) is 11.6 Å². The summed E-state index contributed by atoms with van der Waals surface area (Å²) in [6.07, 6.45) is 16.1. The number of likely N-dealkylation sites (tertiary alicyclic amines) is 1. The van der Waals surface area contributed by atoms with Crippen LogP contribution >= 0.6 is 0 Å². The Balaban J connectivity index is 0.660. The third-order valence-corrected chi connectivity index (χ3v) is 16.8.